The first kappa shape index (κ1) is 15.2. The summed E-state index contributed by atoms with van der Waals surface area (Å²) >= 11 is 0. The molecule has 1 aliphatic carbocycles. The summed E-state index contributed by atoms with van der Waals surface area (Å²) in [5.74, 6) is 1.78. The van der Waals surface area contributed by atoms with Crippen LogP contribution < -0.4 is 14.8 Å². The molecule has 0 saturated carbocycles. The minimum atomic E-state index is 0.385. The molecule has 0 spiro atoms. The summed E-state index contributed by atoms with van der Waals surface area (Å²) in [7, 11) is 3.46. The van der Waals surface area contributed by atoms with Gasteiger partial charge in [0, 0.05) is 11.6 Å². The van der Waals surface area contributed by atoms with Gasteiger partial charge < -0.3 is 14.8 Å². The molecule has 0 fully saturated rings. The lowest BCUT2D eigenvalue weighted by Gasteiger charge is -2.24. The van der Waals surface area contributed by atoms with Crippen molar-refractivity contribution >= 4 is 0 Å². The monoisotopic (exact) mass is 277 g/mol. The molecule has 1 aliphatic rings. The molecule has 20 heavy (non-hydrogen) atoms. The van der Waals surface area contributed by atoms with Crippen molar-refractivity contribution < 1.29 is 9.47 Å². The van der Waals surface area contributed by atoms with E-state index in [1.807, 2.05) is 0 Å². The van der Waals surface area contributed by atoms with Crippen molar-refractivity contribution in [1.29, 1.82) is 0 Å². The van der Waals surface area contributed by atoms with Gasteiger partial charge in [-0.15, -0.1) is 0 Å². The third-order valence-electron chi connectivity index (χ3n) is 4.20. The summed E-state index contributed by atoms with van der Waals surface area (Å²) in [4.78, 5) is 0. The smallest absolute Gasteiger partial charge is 0.165 e. The van der Waals surface area contributed by atoms with Crippen molar-refractivity contribution in [3.05, 3.63) is 22.8 Å². The molecule has 3 nitrogen and oxygen atoms in total. The molecular weight excluding hydrogens is 250 g/mol. The summed E-state index contributed by atoms with van der Waals surface area (Å²) < 4.78 is 11.2. The summed E-state index contributed by atoms with van der Waals surface area (Å²) in [6, 6.07) is 2.50. The lowest BCUT2D eigenvalue weighted by Crippen LogP contribution is -2.23. The fraction of sp³-hybridized carbons (Fsp3) is 0.647. The summed E-state index contributed by atoms with van der Waals surface area (Å²) in [6.07, 6.45) is 5.99. The van der Waals surface area contributed by atoms with Gasteiger partial charge in [-0.05, 0) is 56.3 Å². The summed E-state index contributed by atoms with van der Waals surface area (Å²) in [5, 5.41) is 3.69. The van der Waals surface area contributed by atoms with Gasteiger partial charge in [0.25, 0.3) is 0 Å². The predicted molar refractivity (Wildman–Crippen MR) is 82.9 cm³/mol. The lowest BCUT2D eigenvalue weighted by molar-refractivity contribution is 0.344. The van der Waals surface area contributed by atoms with Gasteiger partial charge in [0.05, 0.1) is 14.2 Å². The normalized spacial score (nSPS) is 18.3. The van der Waals surface area contributed by atoms with E-state index in [0.29, 0.717) is 6.04 Å². The lowest BCUT2D eigenvalue weighted by atomic mass is 9.93. The third-order valence-corrected chi connectivity index (χ3v) is 4.20. The van der Waals surface area contributed by atoms with Gasteiger partial charge in [-0.3, -0.25) is 0 Å². The highest BCUT2D eigenvalue weighted by Crippen LogP contribution is 2.43. The van der Waals surface area contributed by atoms with E-state index in [2.05, 4.69) is 25.2 Å². The molecule has 0 heterocycles. The molecule has 1 aromatic rings. The maximum atomic E-state index is 5.69. The van der Waals surface area contributed by atoms with Crippen LogP contribution in [0.25, 0.3) is 0 Å². The van der Waals surface area contributed by atoms with Crippen LogP contribution in [0.2, 0.25) is 0 Å². The Labute approximate surface area is 122 Å². The molecule has 0 bridgehead atoms. The molecule has 1 N–H and O–H groups in total. The second-order valence-electron chi connectivity index (χ2n) is 5.57. The third kappa shape index (κ3) is 2.93. The van der Waals surface area contributed by atoms with Gasteiger partial charge in [0.15, 0.2) is 11.5 Å². The number of ether oxygens (including phenoxy) is 2. The Morgan fingerprint density at radius 1 is 1.25 bits per heavy atom. The number of hydrogen-bond acceptors (Lipinski definition) is 3. The van der Waals surface area contributed by atoms with Crippen LogP contribution in [-0.4, -0.2) is 20.8 Å². The van der Waals surface area contributed by atoms with Gasteiger partial charge in [-0.25, -0.2) is 0 Å². The van der Waals surface area contributed by atoms with Gasteiger partial charge in [-0.1, -0.05) is 13.3 Å². The van der Waals surface area contributed by atoms with E-state index in [1.165, 1.54) is 36.0 Å². The van der Waals surface area contributed by atoms with Crippen LogP contribution in [-0.2, 0) is 6.42 Å². The van der Waals surface area contributed by atoms with Crippen LogP contribution in [0.4, 0.5) is 0 Å². The van der Waals surface area contributed by atoms with Gasteiger partial charge in [-0.2, -0.15) is 0 Å². The fourth-order valence-corrected chi connectivity index (χ4v) is 3.21. The molecular formula is C17H27NO2. The zero-order chi connectivity index (χ0) is 14.5. The first-order valence-electron chi connectivity index (χ1n) is 7.70. The van der Waals surface area contributed by atoms with Crippen LogP contribution in [0.3, 0.4) is 0 Å². The maximum Gasteiger partial charge on any atom is 0.165 e. The molecule has 1 unspecified atom stereocenters. The molecule has 1 aromatic carbocycles. The Hall–Kier alpha value is -1.22. The van der Waals surface area contributed by atoms with E-state index in [9.17, 15) is 0 Å². The van der Waals surface area contributed by atoms with Crippen LogP contribution in [0.1, 0.15) is 55.3 Å². The molecule has 1 atom stereocenters. The van der Waals surface area contributed by atoms with E-state index in [1.54, 1.807) is 14.2 Å². The average Bonchev–Trinajstić information content (AvgIpc) is 2.68. The molecule has 0 radical (unpaired) electrons. The van der Waals surface area contributed by atoms with Crippen molar-refractivity contribution in [3.63, 3.8) is 0 Å². The highest BCUT2D eigenvalue weighted by molar-refractivity contribution is 5.56. The molecule has 0 amide bonds. The first-order chi connectivity index (χ1) is 9.72. The van der Waals surface area contributed by atoms with Gasteiger partial charge in [0.2, 0.25) is 0 Å². The van der Waals surface area contributed by atoms with E-state index in [4.69, 9.17) is 9.47 Å². The Bertz CT molecular complexity index is 457. The summed E-state index contributed by atoms with van der Waals surface area (Å²) in [6.45, 7) is 5.44. The molecule has 112 valence electrons. The van der Waals surface area contributed by atoms with E-state index < -0.39 is 0 Å². The first-order valence-corrected chi connectivity index (χ1v) is 7.70. The van der Waals surface area contributed by atoms with Crippen molar-refractivity contribution in [2.45, 2.75) is 52.0 Å². The molecule has 3 heteroatoms. The molecule has 2 rings (SSSR count). The number of fused-ring (bicyclic) bond motifs is 1. The molecule has 0 aliphatic heterocycles. The van der Waals surface area contributed by atoms with Crippen LogP contribution in [0, 0.1) is 6.92 Å². The Kier molecular flexibility index (Phi) is 5.30. The SMILES string of the molecule is CCCNC1CCCCc2c(C)cc(OC)c(OC)c21. The second kappa shape index (κ2) is 6.98. The van der Waals surface area contributed by atoms with E-state index >= 15 is 0 Å². The van der Waals surface area contributed by atoms with Crippen LogP contribution >= 0.6 is 0 Å². The van der Waals surface area contributed by atoms with Crippen molar-refractivity contribution in [3.8, 4) is 11.5 Å². The Morgan fingerprint density at radius 2 is 2.05 bits per heavy atom. The number of rotatable bonds is 5. The van der Waals surface area contributed by atoms with Crippen molar-refractivity contribution in [2.24, 2.45) is 0 Å². The quantitative estimate of drug-likeness (QED) is 0.831. The Morgan fingerprint density at radius 3 is 2.70 bits per heavy atom. The maximum absolute atomic E-state index is 5.69. The van der Waals surface area contributed by atoms with E-state index in [-0.39, 0.29) is 0 Å². The highest BCUT2D eigenvalue weighted by atomic mass is 16.5. The van der Waals surface area contributed by atoms with Gasteiger partial charge in [0.1, 0.15) is 0 Å². The molecule has 0 aromatic heterocycles. The van der Waals surface area contributed by atoms with Crippen molar-refractivity contribution in [2.75, 3.05) is 20.8 Å². The number of methoxy groups -OCH3 is 2. The van der Waals surface area contributed by atoms with Crippen molar-refractivity contribution in [1.82, 2.24) is 5.32 Å². The number of benzene rings is 1. The highest BCUT2D eigenvalue weighted by Gasteiger charge is 2.26. The Balaban J connectivity index is 2.52. The summed E-state index contributed by atoms with van der Waals surface area (Å²) in [5.41, 5.74) is 4.10. The standard InChI is InChI=1S/C17H27NO2/c1-5-10-18-14-9-7-6-8-13-12(2)11-15(19-3)17(20-4)16(13)14/h11,14,18H,5-10H2,1-4H3. The largest absolute Gasteiger partial charge is 0.493 e. The molecule has 0 saturated heterocycles. The number of nitrogens with one attached hydrogen (secondary N) is 1. The minimum Gasteiger partial charge on any atom is -0.493 e. The second-order valence-corrected chi connectivity index (χ2v) is 5.57. The van der Waals surface area contributed by atoms with E-state index in [0.717, 1.165) is 30.9 Å². The van der Waals surface area contributed by atoms with Crippen LogP contribution in [0.5, 0.6) is 11.5 Å². The zero-order valence-corrected chi connectivity index (χ0v) is 13.2. The minimum absolute atomic E-state index is 0.385. The topological polar surface area (TPSA) is 30.5 Å². The fourth-order valence-electron chi connectivity index (χ4n) is 3.21. The average molecular weight is 277 g/mol. The zero-order valence-electron chi connectivity index (χ0n) is 13.2. The predicted octanol–water partition coefficient (Wildman–Crippen LogP) is 3.78. The van der Waals surface area contributed by atoms with Gasteiger partial charge >= 0.3 is 0 Å². The van der Waals surface area contributed by atoms with Crippen LogP contribution in [0.15, 0.2) is 6.07 Å². The number of hydrogen-bond donors (Lipinski definition) is 1. The number of aryl methyl sites for hydroxylation is 1.